The third-order valence-corrected chi connectivity index (χ3v) is 8.94. The quantitative estimate of drug-likeness (QED) is 0.443. The average Bonchev–Trinajstić information content (AvgIpc) is 2.90. The molecule has 4 aromatic carbocycles. The van der Waals surface area contributed by atoms with E-state index in [0.29, 0.717) is 23.9 Å². The highest BCUT2D eigenvalue weighted by Gasteiger charge is 2.49. The van der Waals surface area contributed by atoms with Crippen LogP contribution in [0.25, 0.3) is 22.3 Å². The molecule has 4 nitrogen and oxygen atoms in total. The second-order valence-electron chi connectivity index (χ2n) is 9.11. The molecule has 0 radical (unpaired) electrons. The van der Waals surface area contributed by atoms with Gasteiger partial charge < -0.3 is 5.32 Å². The molecule has 5 heteroatoms. The number of sulfonamides is 1. The summed E-state index contributed by atoms with van der Waals surface area (Å²) in [4.78, 5) is 0.359. The highest BCUT2D eigenvalue weighted by atomic mass is 32.2. The van der Waals surface area contributed by atoms with Gasteiger partial charge in [-0.25, -0.2) is 8.42 Å². The molecular weight excluding hydrogens is 440 g/mol. The van der Waals surface area contributed by atoms with Gasteiger partial charge in [-0.15, -0.1) is 0 Å². The normalized spacial score (nSPS) is 22.2. The molecule has 1 N–H and O–H groups in total. The van der Waals surface area contributed by atoms with Crippen LogP contribution in [0.4, 0.5) is 0 Å². The minimum absolute atomic E-state index is 0.139. The third kappa shape index (κ3) is 3.76. The molecule has 1 unspecified atom stereocenters. The van der Waals surface area contributed by atoms with Crippen molar-refractivity contribution in [3.05, 3.63) is 115 Å². The van der Waals surface area contributed by atoms with Crippen LogP contribution >= 0.6 is 0 Å². The molecule has 3 atom stereocenters. The van der Waals surface area contributed by atoms with Crippen molar-refractivity contribution in [2.24, 2.45) is 0 Å². The Bertz CT molecular complexity index is 1370. The molecule has 0 aliphatic carbocycles. The van der Waals surface area contributed by atoms with E-state index < -0.39 is 10.0 Å². The second-order valence-corrected chi connectivity index (χ2v) is 11.0. The fourth-order valence-electron chi connectivity index (χ4n) is 5.28. The van der Waals surface area contributed by atoms with E-state index in [1.54, 1.807) is 16.4 Å². The SMILES string of the molecule is O=S(=O)(c1ccc(-c2ccccc2)cc1)N1C[C@@H]2N[C@H](C1)C2c1ccc(-c2ccccc2)cc1. The van der Waals surface area contributed by atoms with Crippen molar-refractivity contribution < 1.29 is 8.42 Å². The Kier molecular flexibility index (Phi) is 5.33. The smallest absolute Gasteiger partial charge is 0.243 e. The highest BCUT2D eigenvalue weighted by molar-refractivity contribution is 7.89. The summed E-state index contributed by atoms with van der Waals surface area (Å²) in [5.74, 6) is 0.344. The standard InChI is InChI=1S/C29H26N2O2S/c32-34(33,26-17-15-24(16-18-26)22-9-5-2-6-10-22)31-19-27-29(28(20-31)30-27)25-13-11-23(12-14-25)21-7-3-1-4-8-21/h1-18,27-30H,19-20H2/t27-,28+,29?. The van der Waals surface area contributed by atoms with Crippen LogP contribution in [0.2, 0.25) is 0 Å². The largest absolute Gasteiger partial charge is 0.307 e. The Balaban J connectivity index is 1.16. The first-order valence-corrected chi connectivity index (χ1v) is 13.1. The second kappa shape index (κ2) is 8.51. The van der Waals surface area contributed by atoms with Gasteiger partial charge in [-0.3, -0.25) is 0 Å². The number of nitrogens with one attached hydrogen (secondary N) is 1. The number of nitrogens with zero attached hydrogens (tertiary/aromatic N) is 1. The summed E-state index contributed by atoms with van der Waals surface area (Å²) in [5.41, 5.74) is 5.77. The van der Waals surface area contributed by atoms with Crippen molar-refractivity contribution in [3.63, 3.8) is 0 Å². The van der Waals surface area contributed by atoms with E-state index in [1.807, 2.05) is 60.7 Å². The van der Waals surface area contributed by atoms with Gasteiger partial charge in [0.15, 0.2) is 0 Å². The van der Waals surface area contributed by atoms with Crippen LogP contribution in [-0.2, 0) is 10.0 Å². The minimum Gasteiger partial charge on any atom is -0.307 e. The Morgan fingerprint density at radius 1 is 0.588 bits per heavy atom. The van der Waals surface area contributed by atoms with Gasteiger partial charge in [0.1, 0.15) is 0 Å². The van der Waals surface area contributed by atoms with Crippen LogP contribution in [0.1, 0.15) is 11.5 Å². The first kappa shape index (κ1) is 21.3. The van der Waals surface area contributed by atoms with Gasteiger partial charge >= 0.3 is 0 Å². The first-order valence-electron chi connectivity index (χ1n) is 11.7. The molecule has 2 bridgehead atoms. The fourth-order valence-corrected chi connectivity index (χ4v) is 6.77. The highest BCUT2D eigenvalue weighted by Crippen LogP contribution is 2.39. The van der Waals surface area contributed by atoms with Crippen LogP contribution in [0.5, 0.6) is 0 Å². The predicted octanol–water partition coefficient (Wildman–Crippen LogP) is 5.15. The fraction of sp³-hybridized carbons (Fsp3) is 0.172. The van der Waals surface area contributed by atoms with Gasteiger partial charge in [-0.2, -0.15) is 4.31 Å². The molecule has 3 saturated heterocycles. The van der Waals surface area contributed by atoms with Crippen LogP contribution in [0.3, 0.4) is 0 Å². The molecule has 3 fully saturated rings. The molecule has 0 spiro atoms. The van der Waals surface area contributed by atoms with Gasteiger partial charge in [0.05, 0.1) is 4.90 Å². The predicted molar refractivity (Wildman–Crippen MR) is 136 cm³/mol. The van der Waals surface area contributed by atoms with E-state index in [4.69, 9.17) is 0 Å². The molecule has 3 aliphatic heterocycles. The maximum atomic E-state index is 13.3. The summed E-state index contributed by atoms with van der Waals surface area (Å²) in [7, 11) is -3.52. The molecule has 170 valence electrons. The monoisotopic (exact) mass is 466 g/mol. The Morgan fingerprint density at radius 2 is 1.03 bits per heavy atom. The Labute approximate surface area is 200 Å². The molecule has 4 aromatic rings. The Hall–Kier alpha value is -3.25. The number of piperazine rings is 1. The maximum Gasteiger partial charge on any atom is 0.243 e. The van der Waals surface area contributed by atoms with Crippen LogP contribution in [-0.4, -0.2) is 37.9 Å². The summed E-state index contributed by atoms with van der Waals surface area (Å²) in [5, 5.41) is 3.55. The van der Waals surface area contributed by atoms with E-state index in [2.05, 4.69) is 41.7 Å². The molecule has 3 aliphatic rings. The summed E-state index contributed by atoms with van der Waals surface area (Å²) in [6.45, 7) is 0.981. The summed E-state index contributed by atoms with van der Waals surface area (Å²) in [6, 6.07) is 36.6. The number of benzene rings is 4. The van der Waals surface area contributed by atoms with Crippen molar-refractivity contribution in [2.45, 2.75) is 22.9 Å². The van der Waals surface area contributed by atoms with Gasteiger partial charge in [0, 0.05) is 31.1 Å². The van der Waals surface area contributed by atoms with E-state index in [9.17, 15) is 8.42 Å². The lowest BCUT2D eigenvalue weighted by Crippen LogP contribution is -2.72. The minimum atomic E-state index is -3.52. The average molecular weight is 467 g/mol. The summed E-state index contributed by atoms with van der Waals surface area (Å²) >= 11 is 0. The molecule has 0 aromatic heterocycles. The first-order chi connectivity index (χ1) is 16.6. The van der Waals surface area contributed by atoms with Gasteiger partial charge in [-0.05, 0) is 39.9 Å². The lowest BCUT2D eigenvalue weighted by atomic mass is 9.75. The molecule has 34 heavy (non-hydrogen) atoms. The molecular formula is C29H26N2O2S. The van der Waals surface area contributed by atoms with Crippen molar-refractivity contribution in [3.8, 4) is 22.3 Å². The van der Waals surface area contributed by atoms with Crippen LogP contribution in [0.15, 0.2) is 114 Å². The number of rotatable bonds is 5. The number of hydrogen-bond acceptors (Lipinski definition) is 3. The molecule has 0 saturated carbocycles. The van der Waals surface area contributed by atoms with Crippen molar-refractivity contribution in [1.29, 1.82) is 0 Å². The summed E-state index contributed by atoms with van der Waals surface area (Å²) < 4.78 is 28.3. The number of fused-ring (bicyclic) bond motifs is 2. The van der Waals surface area contributed by atoms with Crippen molar-refractivity contribution in [2.75, 3.05) is 13.1 Å². The number of piperidine rings is 1. The van der Waals surface area contributed by atoms with E-state index >= 15 is 0 Å². The van der Waals surface area contributed by atoms with Crippen molar-refractivity contribution in [1.82, 2.24) is 9.62 Å². The summed E-state index contributed by atoms with van der Waals surface area (Å²) in [6.07, 6.45) is 0. The lowest BCUT2D eigenvalue weighted by molar-refractivity contribution is 0.102. The maximum absolute atomic E-state index is 13.3. The zero-order valence-electron chi connectivity index (χ0n) is 18.7. The topological polar surface area (TPSA) is 49.4 Å². The van der Waals surface area contributed by atoms with Gasteiger partial charge in [0.2, 0.25) is 10.0 Å². The molecule has 3 heterocycles. The van der Waals surface area contributed by atoms with Gasteiger partial charge in [-0.1, -0.05) is 97.1 Å². The zero-order chi connectivity index (χ0) is 23.1. The van der Waals surface area contributed by atoms with Crippen LogP contribution in [0, 0.1) is 0 Å². The van der Waals surface area contributed by atoms with E-state index in [-0.39, 0.29) is 12.1 Å². The van der Waals surface area contributed by atoms with E-state index in [0.717, 1.165) is 11.1 Å². The zero-order valence-corrected chi connectivity index (χ0v) is 19.5. The third-order valence-electron chi connectivity index (χ3n) is 7.10. The Morgan fingerprint density at radius 3 is 1.53 bits per heavy atom. The van der Waals surface area contributed by atoms with Gasteiger partial charge in [0.25, 0.3) is 0 Å². The lowest BCUT2D eigenvalue weighted by Gasteiger charge is -2.54. The molecule has 7 rings (SSSR count). The van der Waals surface area contributed by atoms with E-state index in [1.165, 1.54) is 16.7 Å². The van der Waals surface area contributed by atoms with Crippen molar-refractivity contribution >= 4 is 10.0 Å². The number of hydrogen-bond donors (Lipinski definition) is 1. The molecule has 0 amide bonds. The van der Waals surface area contributed by atoms with Crippen LogP contribution < -0.4 is 5.32 Å².